The van der Waals surface area contributed by atoms with Gasteiger partial charge in [0, 0.05) is 5.56 Å². The van der Waals surface area contributed by atoms with Gasteiger partial charge in [-0.15, -0.1) is 0 Å². The van der Waals surface area contributed by atoms with Gasteiger partial charge in [0.05, 0.1) is 34.9 Å². The first-order chi connectivity index (χ1) is 13.5. The number of rotatable bonds is 17. The molecule has 0 amide bonds. The molecule has 1 aromatic rings. The van der Waals surface area contributed by atoms with E-state index in [-0.39, 0.29) is 0 Å². The van der Waals surface area contributed by atoms with Gasteiger partial charge in [0.15, 0.2) is 11.5 Å². The topological polar surface area (TPSA) is 18.5 Å². The van der Waals surface area contributed by atoms with Crippen LogP contribution in [-0.2, 0) is 6.54 Å². The molecule has 1 aromatic carbocycles. The van der Waals surface area contributed by atoms with Gasteiger partial charge < -0.3 is 14.0 Å². The zero-order valence-electron chi connectivity index (χ0n) is 19.4. The van der Waals surface area contributed by atoms with Crippen molar-refractivity contribution < 1.29 is 14.0 Å². The fourth-order valence-electron chi connectivity index (χ4n) is 3.93. The average Bonchev–Trinajstić information content (AvgIpc) is 2.68. The summed E-state index contributed by atoms with van der Waals surface area (Å²) in [4.78, 5) is 0. The van der Waals surface area contributed by atoms with E-state index < -0.39 is 0 Å². The number of benzene rings is 1. The van der Waals surface area contributed by atoms with Crippen molar-refractivity contribution in [2.75, 3.05) is 34.9 Å². The Hall–Kier alpha value is -1.22. The predicted octanol–water partition coefficient (Wildman–Crippen LogP) is 6.98. The summed E-state index contributed by atoms with van der Waals surface area (Å²) in [5.41, 5.74) is 1.31. The molecule has 162 valence electrons. The molecule has 0 unspecified atom stereocenters. The van der Waals surface area contributed by atoms with Crippen LogP contribution >= 0.6 is 0 Å². The predicted molar refractivity (Wildman–Crippen MR) is 121 cm³/mol. The third-order valence-corrected chi connectivity index (χ3v) is 5.68. The molecule has 3 heteroatoms. The van der Waals surface area contributed by atoms with Gasteiger partial charge in [0.2, 0.25) is 0 Å². The highest BCUT2D eigenvalue weighted by atomic mass is 16.5. The maximum Gasteiger partial charge on any atom is 0.161 e. The molecule has 0 saturated heterocycles. The van der Waals surface area contributed by atoms with Gasteiger partial charge in [-0.2, -0.15) is 0 Å². The standard InChI is InChI=1S/C25H46NO2/c1-6-7-8-9-10-11-12-13-14-15-16-17-20-26(2,3)22-23-18-19-24(27-4)25(21-23)28-5/h18-19,21H,6-17,20,22H2,1-5H3/q+1. The Morgan fingerprint density at radius 2 is 1.18 bits per heavy atom. The average molecular weight is 393 g/mol. The molecule has 0 heterocycles. The van der Waals surface area contributed by atoms with Crippen LogP contribution in [0.15, 0.2) is 18.2 Å². The maximum absolute atomic E-state index is 5.44. The Kier molecular flexibility index (Phi) is 13.1. The number of methoxy groups -OCH3 is 2. The molecule has 1 rings (SSSR count). The van der Waals surface area contributed by atoms with E-state index >= 15 is 0 Å². The van der Waals surface area contributed by atoms with Crippen molar-refractivity contribution in [3.63, 3.8) is 0 Å². The number of quaternary nitrogens is 1. The van der Waals surface area contributed by atoms with Crippen molar-refractivity contribution in [1.82, 2.24) is 0 Å². The van der Waals surface area contributed by atoms with Crippen molar-refractivity contribution in [3.8, 4) is 11.5 Å². The van der Waals surface area contributed by atoms with Crippen LogP contribution in [0, 0.1) is 0 Å². The lowest BCUT2D eigenvalue weighted by molar-refractivity contribution is -0.903. The van der Waals surface area contributed by atoms with Crippen LogP contribution in [0.2, 0.25) is 0 Å². The van der Waals surface area contributed by atoms with E-state index in [0.717, 1.165) is 22.5 Å². The number of hydrogen-bond acceptors (Lipinski definition) is 2. The first-order valence-electron chi connectivity index (χ1n) is 11.6. The van der Waals surface area contributed by atoms with Gasteiger partial charge in [-0.1, -0.05) is 71.1 Å². The van der Waals surface area contributed by atoms with Gasteiger partial charge in [-0.3, -0.25) is 0 Å². The van der Waals surface area contributed by atoms with Crippen molar-refractivity contribution in [2.24, 2.45) is 0 Å². The van der Waals surface area contributed by atoms with Crippen LogP contribution in [0.5, 0.6) is 11.5 Å². The Morgan fingerprint density at radius 3 is 1.68 bits per heavy atom. The zero-order valence-corrected chi connectivity index (χ0v) is 19.4. The lowest BCUT2D eigenvalue weighted by Crippen LogP contribution is -2.39. The third-order valence-electron chi connectivity index (χ3n) is 5.68. The summed E-state index contributed by atoms with van der Waals surface area (Å²) in [6.45, 7) is 4.54. The van der Waals surface area contributed by atoms with Gasteiger partial charge in [0.25, 0.3) is 0 Å². The monoisotopic (exact) mass is 392 g/mol. The molecular formula is C25H46NO2+. The van der Waals surface area contributed by atoms with E-state index in [9.17, 15) is 0 Å². The highest BCUT2D eigenvalue weighted by Crippen LogP contribution is 2.28. The van der Waals surface area contributed by atoms with E-state index in [2.05, 4.69) is 33.2 Å². The first kappa shape index (κ1) is 24.8. The van der Waals surface area contributed by atoms with Crippen LogP contribution in [0.25, 0.3) is 0 Å². The number of unbranched alkanes of at least 4 members (excludes halogenated alkanes) is 11. The summed E-state index contributed by atoms with van der Waals surface area (Å²) in [6.07, 6.45) is 16.9. The van der Waals surface area contributed by atoms with E-state index in [0.29, 0.717) is 0 Å². The Labute approximate surface area is 175 Å². The van der Waals surface area contributed by atoms with Crippen LogP contribution in [0.4, 0.5) is 0 Å². The second kappa shape index (κ2) is 14.7. The second-order valence-corrected chi connectivity index (χ2v) is 8.90. The Balaban J connectivity index is 2.12. The van der Waals surface area contributed by atoms with Crippen LogP contribution in [0.3, 0.4) is 0 Å². The zero-order chi connectivity index (χ0) is 20.7. The van der Waals surface area contributed by atoms with Crippen molar-refractivity contribution in [3.05, 3.63) is 23.8 Å². The van der Waals surface area contributed by atoms with Crippen LogP contribution in [0.1, 0.15) is 89.5 Å². The minimum absolute atomic E-state index is 0.803. The van der Waals surface area contributed by atoms with Crippen molar-refractivity contribution >= 4 is 0 Å². The van der Waals surface area contributed by atoms with Gasteiger partial charge >= 0.3 is 0 Å². The number of nitrogens with zero attached hydrogens (tertiary/aromatic N) is 1. The van der Waals surface area contributed by atoms with E-state index in [1.807, 2.05) is 6.07 Å². The normalized spacial score (nSPS) is 11.6. The molecule has 0 fully saturated rings. The molecule has 28 heavy (non-hydrogen) atoms. The number of hydrogen-bond donors (Lipinski definition) is 0. The van der Waals surface area contributed by atoms with E-state index in [1.54, 1.807) is 14.2 Å². The summed E-state index contributed by atoms with van der Waals surface area (Å²) in [5.74, 6) is 1.63. The molecule has 0 N–H and O–H groups in total. The van der Waals surface area contributed by atoms with Gasteiger partial charge in [-0.25, -0.2) is 0 Å². The quantitative estimate of drug-likeness (QED) is 0.210. The SMILES string of the molecule is CCCCCCCCCCCCCC[N+](C)(C)Cc1ccc(OC)c(OC)c1. The second-order valence-electron chi connectivity index (χ2n) is 8.90. The summed E-state index contributed by atoms with van der Waals surface area (Å²) in [6, 6.07) is 6.28. The summed E-state index contributed by atoms with van der Waals surface area (Å²) >= 11 is 0. The Morgan fingerprint density at radius 1 is 0.679 bits per heavy atom. The Bertz CT molecular complexity index is 513. The highest BCUT2D eigenvalue weighted by Gasteiger charge is 2.16. The molecule has 0 aliphatic rings. The van der Waals surface area contributed by atoms with Crippen LogP contribution < -0.4 is 9.47 Å². The lowest BCUT2D eigenvalue weighted by Gasteiger charge is -2.30. The number of ether oxygens (including phenoxy) is 2. The fourth-order valence-corrected chi connectivity index (χ4v) is 3.93. The largest absolute Gasteiger partial charge is 0.493 e. The smallest absolute Gasteiger partial charge is 0.161 e. The maximum atomic E-state index is 5.44. The lowest BCUT2D eigenvalue weighted by atomic mass is 10.1. The van der Waals surface area contributed by atoms with Crippen LogP contribution in [-0.4, -0.2) is 39.3 Å². The molecule has 0 aliphatic heterocycles. The fraction of sp³-hybridized carbons (Fsp3) is 0.760. The first-order valence-corrected chi connectivity index (χ1v) is 11.6. The minimum atomic E-state index is 0.803. The molecule has 3 nitrogen and oxygen atoms in total. The van der Waals surface area contributed by atoms with E-state index in [1.165, 1.54) is 89.2 Å². The molecule has 0 radical (unpaired) electrons. The minimum Gasteiger partial charge on any atom is -0.493 e. The van der Waals surface area contributed by atoms with Crippen molar-refractivity contribution in [2.45, 2.75) is 90.5 Å². The molecule has 0 atom stereocenters. The molecule has 0 saturated carbocycles. The van der Waals surface area contributed by atoms with E-state index in [4.69, 9.17) is 9.47 Å². The molecule has 0 bridgehead atoms. The third kappa shape index (κ3) is 10.9. The molecule has 0 spiro atoms. The summed E-state index contributed by atoms with van der Waals surface area (Å²) in [5, 5.41) is 0. The molecule has 0 aliphatic carbocycles. The summed E-state index contributed by atoms with van der Waals surface area (Å²) in [7, 11) is 8.05. The summed E-state index contributed by atoms with van der Waals surface area (Å²) < 4.78 is 11.8. The van der Waals surface area contributed by atoms with Gasteiger partial charge in [-0.05, 0) is 31.0 Å². The van der Waals surface area contributed by atoms with Gasteiger partial charge in [0.1, 0.15) is 6.54 Å². The van der Waals surface area contributed by atoms with Crippen molar-refractivity contribution in [1.29, 1.82) is 0 Å². The molecule has 0 aromatic heterocycles. The highest BCUT2D eigenvalue weighted by molar-refractivity contribution is 5.42. The molecular weight excluding hydrogens is 346 g/mol.